The van der Waals surface area contributed by atoms with Crippen LogP contribution in [-0.2, 0) is 10.3 Å². The van der Waals surface area contributed by atoms with E-state index in [9.17, 15) is 5.11 Å². The predicted octanol–water partition coefficient (Wildman–Crippen LogP) is 3.03. The lowest BCUT2D eigenvalue weighted by Crippen LogP contribution is -2.22. The molecule has 1 atom stereocenters. The Labute approximate surface area is 117 Å². The number of rotatable bonds is 6. The number of hydrogen-bond acceptors (Lipinski definition) is 4. The Balaban J connectivity index is 2.28. The van der Waals surface area contributed by atoms with E-state index in [1.807, 2.05) is 41.8 Å². The van der Waals surface area contributed by atoms with Crippen molar-refractivity contribution >= 4 is 11.3 Å². The summed E-state index contributed by atoms with van der Waals surface area (Å²) in [5.41, 5.74) is -0.272. The van der Waals surface area contributed by atoms with Crippen molar-refractivity contribution in [3.63, 3.8) is 0 Å². The summed E-state index contributed by atoms with van der Waals surface area (Å²) >= 11 is 1.53. The molecule has 0 aliphatic heterocycles. The summed E-state index contributed by atoms with van der Waals surface area (Å²) in [6, 6.07) is 11.4. The zero-order valence-corrected chi connectivity index (χ0v) is 11.9. The third-order valence-electron chi connectivity index (χ3n) is 2.96. The van der Waals surface area contributed by atoms with Crippen LogP contribution in [0.2, 0.25) is 0 Å². The third kappa shape index (κ3) is 3.15. The molecule has 0 bridgehead atoms. The molecule has 0 saturated carbocycles. The number of para-hydroxylation sites is 1. The molecule has 102 valence electrons. The van der Waals surface area contributed by atoms with Gasteiger partial charge in [0.25, 0.3) is 0 Å². The van der Waals surface area contributed by atoms with Gasteiger partial charge in [0, 0.05) is 17.6 Å². The molecule has 0 radical (unpaired) electrons. The first kappa shape index (κ1) is 14.1. The highest BCUT2D eigenvalue weighted by Crippen LogP contribution is 2.37. The van der Waals surface area contributed by atoms with E-state index >= 15 is 0 Å². The fraction of sp³-hybridized carbons (Fsp3) is 0.333. The molecule has 0 aliphatic rings. The van der Waals surface area contributed by atoms with Crippen molar-refractivity contribution in [3.05, 3.63) is 52.2 Å². The van der Waals surface area contributed by atoms with Crippen molar-refractivity contribution in [2.45, 2.75) is 12.5 Å². The molecular weight excluding hydrogens is 260 g/mol. The summed E-state index contributed by atoms with van der Waals surface area (Å²) < 4.78 is 10.7. The Hall–Kier alpha value is -1.36. The van der Waals surface area contributed by atoms with Gasteiger partial charge in [-0.2, -0.15) is 0 Å². The smallest absolute Gasteiger partial charge is 0.125 e. The van der Waals surface area contributed by atoms with Crippen molar-refractivity contribution in [1.29, 1.82) is 0 Å². The molecule has 0 amide bonds. The number of methoxy groups -OCH3 is 1. The maximum atomic E-state index is 10.8. The SMILES string of the molecule is COCCOc1ccccc1C(C)(O)c1cccs1. The number of ether oxygens (including phenoxy) is 2. The lowest BCUT2D eigenvalue weighted by molar-refractivity contribution is 0.0978. The summed E-state index contributed by atoms with van der Waals surface area (Å²) in [5.74, 6) is 0.693. The van der Waals surface area contributed by atoms with Crippen molar-refractivity contribution < 1.29 is 14.6 Å². The highest BCUT2D eigenvalue weighted by Gasteiger charge is 2.29. The van der Waals surface area contributed by atoms with Gasteiger partial charge in [0.05, 0.1) is 6.61 Å². The van der Waals surface area contributed by atoms with Crippen LogP contribution in [0, 0.1) is 0 Å². The molecule has 1 aromatic carbocycles. The summed E-state index contributed by atoms with van der Waals surface area (Å²) in [6.45, 7) is 2.78. The van der Waals surface area contributed by atoms with Gasteiger partial charge in [-0.1, -0.05) is 24.3 Å². The van der Waals surface area contributed by atoms with E-state index in [0.717, 1.165) is 10.4 Å². The second kappa shape index (κ2) is 6.19. The minimum atomic E-state index is -1.04. The second-order valence-electron chi connectivity index (χ2n) is 4.39. The molecule has 1 heterocycles. The monoisotopic (exact) mass is 278 g/mol. The molecule has 1 aromatic heterocycles. The van der Waals surface area contributed by atoms with Crippen molar-refractivity contribution in [2.75, 3.05) is 20.3 Å². The van der Waals surface area contributed by atoms with E-state index in [1.165, 1.54) is 11.3 Å². The van der Waals surface area contributed by atoms with E-state index in [1.54, 1.807) is 14.0 Å². The molecule has 1 unspecified atom stereocenters. The van der Waals surface area contributed by atoms with E-state index in [4.69, 9.17) is 9.47 Å². The molecule has 0 aliphatic carbocycles. The van der Waals surface area contributed by atoms with Crippen LogP contribution in [0.25, 0.3) is 0 Å². The number of benzene rings is 1. The summed E-state index contributed by atoms with van der Waals surface area (Å²) in [6.07, 6.45) is 0. The van der Waals surface area contributed by atoms with Crippen LogP contribution in [-0.4, -0.2) is 25.4 Å². The fourth-order valence-electron chi connectivity index (χ4n) is 1.92. The third-order valence-corrected chi connectivity index (χ3v) is 4.04. The molecule has 1 N–H and O–H groups in total. The minimum Gasteiger partial charge on any atom is -0.491 e. The summed E-state index contributed by atoms with van der Waals surface area (Å²) in [4.78, 5) is 0.898. The molecule has 2 rings (SSSR count). The van der Waals surface area contributed by atoms with Crippen molar-refractivity contribution in [3.8, 4) is 5.75 Å². The quantitative estimate of drug-likeness (QED) is 0.825. The Morgan fingerprint density at radius 1 is 1.16 bits per heavy atom. The Bertz CT molecular complexity index is 506. The second-order valence-corrected chi connectivity index (χ2v) is 5.33. The van der Waals surface area contributed by atoms with Gasteiger partial charge >= 0.3 is 0 Å². The van der Waals surface area contributed by atoms with Crippen LogP contribution in [0.5, 0.6) is 5.75 Å². The first-order valence-electron chi connectivity index (χ1n) is 6.14. The molecular formula is C15H18O3S. The molecule has 3 nitrogen and oxygen atoms in total. The number of aliphatic hydroxyl groups is 1. The molecule has 0 spiro atoms. The van der Waals surface area contributed by atoms with Crippen LogP contribution in [0.1, 0.15) is 17.4 Å². The lowest BCUT2D eigenvalue weighted by Gasteiger charge is -2.25. The van der Waals surface area contributed by atoms with E-state index in [-0.39, 0.29) is 0 Å². The van der Waals surface area contributed by atoms with Crippen LogP contribution in [0.15, 0.2) is 41.8 Å². The first-order chi connectivity index (χ1) is 9.16. The zero-order chi connectivity index (χ0) is 13.7. The van der Waals surface area contributed by atoms with Crippen LogP contribution in [0.4, 0.5) is 0 Å². The zero-order valence-electron chi connectivity index (χ0n) is 11.1. The number of thiophene rings is 1. The molecule has 0 saturated heterocycles. The van der Waals surface area contributed by atoms with Gasteiger partial charge in [-0.3, -0.25) is 0 Å². The maximum Gasteiger partial charge on any atom is 0.125 e. The average molecular weight is 278 g/mol. The van der Waals surface area contributed by atoms with Crippen LogP contribution in [0.3, 0.4) is 0 Å². The fourth-order valence-corrected chi connectivity index (χ4v) is 2.72. The van der Waals surface area contributed by atoms with Gasteiger partial charge < -0.3 is 14.6 Å². The Morgan fingerprint density at radius 2 is 1.95 bits per heavy atom. The highest BCUT2D eigenvalue weighted by molar-refractivity contribution is 7.10. The van der Waals surface area contributed by atoms with E-state index in [2.05, 4.69) is 0 Å². The molecule has 2 aromatic rings. The van der Waals surface area contributed by atoms with Gasteiger partial charge in [0.15, 0.2) is 0 Å². The van der Waals surface area contributed by atoms with Gasteiger partial charge in [-0.15, -0.1) is 11.3 Å². The highest BCUT2D eigenvalue weighted by atomic mass is 32.1. The maximum absolute atomic E-state index is 10.8. The van der Waals surface area contributed by atoms with Crippen LogP contribution >= 0.6 is 11.3 Å². The van der Waals surface area contributed by atoms with E-state index < -0.39 is 5.60 Å². The Morgan fingerprint density at radius 3 is 2.63 bits per heavy atom. The predicted molar refractivity (Wildman–Crippen MR) is 76.8 cm³/mol. The average Bonchev–Trinajstić information content (AvgIpc) is 2.94. The summed E-state index contributed by atoms with van der Waals surface area (Å²) in [5, 5.41) is 12.7. The van der Waals surface area contributed by atoms with Crippen molar-refractivity contribution in [2.24, 2.45) is 0 Å². The standard InChI is InChI=1S/C15H18O3S/c1-15(16,14-8-5-11-19-14)12-6-3-4-7-13(12)18-10-9-17-2/h3-8,11,16H,9-10H2,1-2H3. The molecule has 19 heavy (non-hydrogen) atoms. The first-order valence-corrected chi connectivity index (χ1v) is 7.02. The van der Waals surface area contributed by atoms with Crippen LogP contribution < -0.4 is 4.74 Å². The van der Waals surface area contributed by atoms with E-state index in [0.29, 0.717) is 19.0 Å². The molecule has 4 heteroatoms. The number of hydrogen-bond donors (Lipinski definition) is 1. The van der Waals surface area contributed by atoms with Gasteiger partial charge in [0.1, 0.15) is 18.0 Å². The Kier molecular flexibility index (Phi) is 4.58. The normalized spacial score (nSPS) is 14.1. The lowest BCUT2D eigenvalue weighted by atomic mass is 9.93. The summed E-state index contributed by atoms with van der Waals surface area (Å²) in [7, 11) is 1.64. The minimum absolute atomic E-state index is 0.466. The van der Waals surface area contributed by atoms with Gasteiger partial charge in [-0.25, -0.2) is 0 Å². The van der Waals surface area contributed by atoms with Gasteiger partial charge in [-0.05, 0) is 24.4 Å². The largest absolute Gasteiger partial charge is 0.491 e. The molecule has 0 fully saturated rings. The van der Waals surface area contributed by atoms with Crippen molar-refractivity contribution in [1.82, 2.24) is 0 Å². The van der Waals surface area contributed by atoms with Gasteiger partial charge in [0.2, 0.25) is 0 Å². The topological polar surface area (TPSA) is 38.7 Å².